The number of nitro groups is 1. The van der Waals surface area contributed by atoms with Crippen molar-refractivity contribution in [3.63, 3.8) is 0 Å². The Kier molecular flexibility index (Phi) is 4.01. The molecule has 0 N–H and O–H groups in total. The number of ether oxygens (including phenoxy) is 2. The Hall–Kier alpha value is -2.08. The highest BCUT2D eigenvalue weighted by Crippen LogP contribution is 2.31. The number of nitro benzene ring substituents is 1. The number of nitrogens with zero attached hydrogens (tertiary/aromatic N) is 1. The van der Waals surface area contributed by atoms with E-state index >= 15 is 0 Å². The molecule has 0 aliphatic rings. The predicted molar refractivity (Wildman–Crippen MR) is 73.9 cm³/mol. The molecular weight excluding hydrogens is 314 g/mol. The van der Waals surface area contributed by atoms with Gasteiger partial charge in [-0.2, -0.15) is 0 Å². The standard InChI is InChI=1S/C13H10BrNO4/c1-18-13-8-11(6-7-12(13)14)19-10-4-2-9(3-5-10)15(16)17/h2-8H,1H3. The van der Waals surface area contributed by atoms with Gasteiger partial charge in [-0.15, -0.1) is 0 Å². The predicted octanol–water partition coefficient (Wildman–Crippen LogP) is 4.16. The van der Waals surface area contributed by atoms with Crippen LogP contribution in [0.1, 0.15) is 0 Å². The summed E-state index contributed by atoms with van der Waals surface area (Å²) in [5.74, 6) is 1.77. The Morgan fingerprint density at radius 2 is 1.74 bits per heavy atom. The summed E-state index contributed by atoms with van der Waals surface area (Å²) in [4.78, 5) is 10.1. The molecule has 19 heavy (non-hydrogen) atoms. The van der Waals surface area contributed by atoms with E-state index in [4.69, 9.17) is 9.47 Å². The van der Waals surface area contributed by atoms with Gasteiger partial charge >= 0.3 is 0 Å². The number of hydrogen-bond acceptors (Lipinski definition) is 4. The maximum atomic E-state index is 10.5. The highest BCUT2D eigenvalue weighted by molar-refractivity contribution is 9.10. The van der Waals surface area contributed by atoms with E-state index in [1.165, 1.54) is 12.1 Å². The quantitative estimate of drug-likeness (QED) is 0.626. The summed E-state index contributed by atoms with van der Waals surface area (Å²) in [6.07, 6.45) is 0. The summed E-state index contributed by atoms with van der Waals surface area (Å²) < 4.78 is 11.6. The minimum absolute atomic E-state index is 0.0285. The molecule has 0 fully saturated rings. The summed E-state index contributed by atoms with van der Waals surface area (Å²) in [5, 5.41) is 10.5. The topological polar surface area (TPSA) is 61.6 Å². The van der Waals surface area contributed by atoms with Gasteiger partial charge < -0.3 is 9.47 Å². The maximum Gasteiger partial charge on any atom is 0.269 e. The maximum absolute atomic E-state index is 10.5. The van der Waals surface area contributed by atoms with E-state index in [0.29, 0.717) is 17.2 Å². The third kappa shape index (κ3) is 3.23. The van der Waals surface area contributed by atoms with Gasteiger partial charge in [0.05, 0.1) is 16.5 Å². The first kappa shape index (κ1) is 13.4. The lowest BCUT2D eigenvalue weighted by Crippen LogP contribution is -1.89. The summed E-state index contributed by atoms with van der Waals surface area (Å²) in [6.45, 7) is 0. The van der Waals surface area contributed by atoms with Crippen molar-refractivity contribution in [2.45, 2.75) is 0 Å². The molecule has 2 rings (SSSR count). The molecule has 0 aliphatic heterocycles. The molecule has 0 saturated carbocycles. The van der Waals surface area contributed by atoms with E-state index in [9.17, 15) is 10.1 Å². The zero-order valence-corrected chi connectivity index (χ0v) is 11.6. The van der Waals surface area contributed by atoms with Crippen LogP contribution >= 0.6 is 15.9 Å². The number of non-ortho nitro benzene ring substituents is 1. The van der Waals surface area contributed by atoms with Crippen LogP contribution in [-0.2, 0) is 0 Å². The van der Waals surface area contributed by atoms with Crippen LogP contribution < -0.4 is 9.47 Å². The number of hydrogen-bond donors (Lipinski definition) is 0. The van der Waals surface area contributed by atoms with Crippen LogP contribution in [0.15, 0.2) is 46.9 Å². The fraction of sp³-hybridized carbons (Fsp3) is 0.0769. The van der Waals surface area contributed by atoms with E-state index in [2.05, 4.69) is 15.9 Å². The number of halogens is 1. The molecule has 0 radical (unpaired) electrons. The van der Waals surface area contributed by atoms with Gasteiger partial charge in [-0.3, -0.25) is 10.1 Å². The minimum atomic E-state index is -0.452. The lowest BCUT2D eigenvalue weighted by atomic mass is 10.3. The third-order valence-electron chi connectivity index (χ3n) is 2.41. The molecular formula is C13H10BrNO4. The van der Waals surface area contributed by atoms with Crippen molar-refractivity contribution in [3.05, 3.63) is 57.1 Å². The largest absolute Gasteiger partial charge is 0.495 e. The summed E-state index contributed by atoms with van der Waals surface area (Å²) in [5.41, 5.74) is 0.0285. The summed E-state index contributed by atoms with van der Waals surface area (Å²) in [6, 6.07) is 11.2. The smallest absolute Gasteiger partial charge is 0.269 e. The van der Waals surface area contributed by atoms with E-state index in [-0.39, 0.29) is 5.69 Å². The summed E-state index contributed by atoms with van der Waals surface area (Å²) >= 11 is 3.35. The first-order chi connectivity index (χ1) is 9.10. The van der Waals surface area contributed by atoms with Crippen molar-refractivity contribution in [3.8, 4) is 17.2 Å². The van der Waals surface area contributed by atoms with Crippen molar-refractivity contribution >= 4 is 21.6 Å². The van der Waals surface area contributed by atoms with E-state index in [1.54, 1.807) is 37.4 Å². The normalized spacial score (nSPS) is 10.0. The molecule has 0 aliphatic carbocycles. The molecule has 0 aromatic heterocycles. The van der Waals surface area contributed by atoms with Crippen molar-refractivity contribution in [2.24, 2.45) is 0 Å². The van der Waals surface area contributed by atoms with Gasteiger partial charge in [-0.1, -0.05) is 0 Å². The molecule has 6 heteroatoms. The molecule has 0 amide bonds. The molecule has 0 spiro atoms. The van der Waals surface area contributed by atoms with Gasteiger partial charge in [0.15, 0.2) is 0 Å². The van der Waals surface area contributed by atoms with Crippen LogP contribution in [0.25, 0.3) is 0 Å². The number of benzene rings is 2. The number of rotatable bonds is 4. The van der Waals surface area contributed by atoms with Crippen molar-refractivity contribution in [2.75, 3.05) is 7.11 Å². The highest BCUT2D eigenvalue weighted by atomic mass is 79.9. The van der Waals surface area contributed by atoms with Gasteiger partial charge in [0.2, 0.25) is 0 Å². The fourth-order valence-electron chi connectivity index (χ4n) is 1.48. The molecule has 0 unspecified atom stereocenters. The zero-order chi connectivity index (χ0) is 13.8. The lowest BCUT2D eigenvalue weighted by molar-refractivity contribution is -0.384. The molecule has 98 valence electrons. The van der Waals surface area contributed by atoms with E-state index in [0.717, 1.165) is 4.47 Å². The van der Waals surface area contributed by atoms with Crippen molar-refractivity contribution < 1.29 is 14.4 Å². The second kappa shape index (κ2) is 5.71. The highest BCUT2D eigenvalue weighted by Gasteiger charge is 2.06. The van der Waals surface area contributed by atoms with Crippen LogP contribution in [0.3, 0.4) is 0 Å². The Bertz CT molecular complexity index is 598. The van der Waals surface area contributed by atoms with Gasteiger partial charge in [0.25, 0.3) is 5.69 Å². The van der Waals surface area contributed by atoms with Crippen LogP contribution in [0, 0.1) is 10.1 Å². The minimum Gasteiger partial charge on any atom is -0.495 e. The van der Waals surface area contributed by atoms with E-state index in [1.807, 2.05) is 0 Å². The second-order valence-corrected chi connectivity index (χ2v) is 4.50. The Morgan fingerprint density at radius 1 is 1.11 bits per heavy atom. The van der Waals surface area contributed by atoms with Gasteiger partial charge in [-0.25, -0.2) is 0 Å². The molecule has 2 aromatic rings. The van der Waals surface area contributed by atoms with Gasteiger partial charge in [0.1, 0.15) is 17.2 Å². The molecule has 5 nitrogen and oxygen atoms in total. The first-order valence-electron chi connectivity index (χ1n) is 5.36. The van der Waals surface area contributed by atoms with Crippen LogP contribution in [-0.4, -0.2) is 12.0 Å². The van der Waals surface area contributed by atoms with Gasteiger partial charge in [0, 0.05) is 18.2 Å². The Labute approximate surface area is 118 Å². The van der Waals surface area contributed by atoms with Crippen LogP contribution in [0.2, 0.25) is 0 Å². The molecule has 0 bridgehead atoms. The molecule has 0 heterocycles. The lowest BCUT2D eigenvalue weighted by Gasteiger charge is -2.08. The van der Waals surface area contributed by atoms with Crippen molar-refractivity contribution in [1.82, 2.24) is 0 Å². The molecule has 0 saturated heterocycles. The SMILES string of the molecule is COc1cc(Oc2ccc([N+](=O)[O-])cc2)ccc1Br. The summed E-state index contributed by atoms with van der Waals surface area (Å²) in [7, 11) is 1.57. The fourth-order valence-corrected chi connectivity index (χ4v) is 1.88. The second-order valence-electron chi connectivity index (χ2n) is 3.65. The Balaban J connectivity index is 2.19. The average Bonchev–Trinajstić information content (AvgIpc) is 2.41. The van der Waals surface area contributed by atoms with Crippen LogP contribution in [0.4, 0.5) is 5.69 Å². The Morgan fingerprint density at radius 3 is 2.32 bits per heavy atom. The van der Waals surface area contributed by atoms with Gasteiger partial charge in [-0.05, 0) is 40.2 Å². The van der Waals surface area contributed by atoms with Crippen LogP contribution in [0.5, 0.6) is 17.2 Å². The first-order valence-corrected chi connectivity index (χ1v) is 6.15. The average molecular weight is 324 g/mol. The zero-order valence-electron chi connectivity index (χ0n) is 10.00. The van der Waals surface area contributed by atoms with Crippen molar-refractivity contribution in [1.29, 1.82) is 0 Å². The third-order valence-corrected chi connectivity index (χ3v) is 3.06. The number of methoxy groups -OCH3 is 1. The molecule has 0 atom stereocenters. The monoisotopic (exact) mass is 323 g/mol. The van der Waals surface area contributed by atoms with E-state index < -0.39 is 4.92 Å². The molecule has 2 aromatic carbocycles.